The van der Waals surface area contributed by atoms with Crippen molar-refractivity contribution in [2.75, 3.05) is 0 Å². The number of rotatable bonds is 5. The molecule has 1 atom stereocenters. The molecule has 3 aromatic rings. The Morgan fingerprint density at radius 3 is 2.31 bits per heavy atom. The highest BCUT2D eigenvalue weighted by molar-refractivity contribution is 6.19. The average molecular weight is 587 g/mol. The Labute approximate surface area is 236 Å². The minimum absolute atomic E-state index is 0.143. The second-order valence-electron chi connectivity index (χ2n) is 9.79. The van der Waals surface area contributed by atoms with Gasteiger partial charge in [0.1, 0.15) is 17.8 Å². The molecule has 4 N–H and O–H groups in total. The fraction of sp³-hybridized carbons (Fsp3) is 0.286. The number of urea groups is 1. The van der Waals surface area contributed by atoms with Crippen LogP contribution in [0.4, 0.5) is 18.0 Å². The van der Waals surface area contributed by atoms with Crippen LogP contribution in [0.2, 0.25) is 0 Å². The van der Waals surface area contributed by atoms with E-state index in [0.29, 0.717) is 24.3 Å². The Morgan fingerprint density at radius 1 is 1.07 bits per heavy atom. The molecule has 1 aromatic heterocycles. The fourth-order valence-electron chi connectivity index (χ4n) is 4.81. The quantitative estimate of drug-likeness (QED) is 0.331. The molecule has 5 rings (SSSR count). The average Bonchev–Trinajstić information content (AvgIpc) is 3.35. The van der Waals surface area contributed by atoms with Crippen LogP contribution < -0.4 is 20.7 Å². The summed E-state index contributed by atoms with van der Waals surface area (Å²) >= 11 is 0. The molecule has 1 aliphatic heterocycles. The Bertz CT molecular complexity index is 1540. The van der Waals surface area contributed by atoms with Gasteiger partial charge in [-0.3, -0.25) is 30.0 Å². The van der Waals surface area contributed by atoms with Crippen molar-refractivity contribution in [3.63, 3.8) is 0 Å². The number of aromatic nitrogens is 1. The highest BCUT2D eigenvalue weighted by Gasteiger charge is 2.54. The van der Waals surface area contributed by atoms with Gasteiger partial charge >= 0.3 is 18.2 Å². The van der Waals surface area contributed by atoms with Crippen LogP contribution >= 0.6 is 0 Å². The SMILES string of the molecule is Cc1cc(COc2ccc(C(=O)N[C@H]3CCC4(C3)C(=O)NC(=O)NC4=O)cc2)c2ccccc2n1.O=C(O)C(F)(F)F. The van der Waals surface area contributed by atoms with Gasteiger partial charge in [0.05, 0.1) is 5.52 Å². The first kappa shape index (κ1) is 30.0. The summed E-state index contributed by atoms with van der Waals surface area (Å²) in [5.41, 5.74) is 1.98. The minimum Gasteiger partial charge on any atom is -0.489 e. The largest absolute Gasteiger partial charge is 0.490 e. The lowest BCUT2D eigenvalue weighted by atomic mass is 9.82. The van der Waals surface area contributed by atoms with Gasteiger partial charge in [0.25, 0.3) is 5.91 Å². The number of nitrogens with zero attached hydrogens (tertiary/aromatic N) is 1. The van der Waals surface area contributed by atoms with Crippen molar-refractivity contribution in [2.45, 2.75) is 45.0 Å². The van der Waals surface area contributed by atoms with E-state index in [1.807, 2.05) is 37.3 Å². The van der Waals surface area contributed by atoms with Crippen LogP contribution in [0.3, 0.4) is 0 Å². The van der Waals surface area contributed by atoms with Crippen LogP contribution in [0.25, 0.3) is 10.9 Å². The summed E-state index contributed by atoms with van der Waals surface area (Å²) in [5, 5.41) is 15.4. The Morgan fingerprint density at radius 2 is 1.69 bits per heavy atom. The molecule has 0 unspecified atom stereocenters. The molecule has 0 radical (unpaired) electrons. The van der Waals surface area contributed by atoms with E-state index in [-0.39, 0.29) is 24.8 Å². The summed E-state index contributed by atoms with van der Waals surface area (Å²) in [5.74, 6) is -3.65. The van der Waals surface area contributed by atoms with E-state index >= 15 is 0 Å². The van der Waals surface area contributed by atoms with Crippen molar-refractivity contribution in [3.8, 4) is 5.75 Å². The van der Waals surface area contributed by atoms with Crippen LogP contribution in [-0.2, 0) is 21.0 Å². The highest BCUT2D eigenvalue weighted by Crippen LogP contribution is 2.40. The van der Waals surface area contributed by atoms with E-state index in [1.54, 1.807) is 24.3 Å². The summed E-state index contributed by atoms with van der Waals surface area (Å²) in [4.78, 5) is 62.2. The number of carbonyl (C=O) groups is 5. The number of pyridine rings is 1. The molecule has 1 aliphatic carbocycles. The molecule has 0 bridgehead atoms. The Balaban J connectivity index is 0.000000517. The maximum atomic E-state index is 12.7. The van der Waals surface area contributed by atoms with Crippen LogP contribution in [-0.4, -0.2) is 52.0 Å². The zero-order valence-electron chi connectivity index (χ0n) is 22.1. The van der Waals surface area contributed by atoms with Gasteiger partial charge in [0.15, 0.2) is 0 Å². The third-order valence-corrected chi connectivity index (χ3v) is 6.86. The van der Waals surface area contributed by atoms with Crippen molar-refractivity contribution in [1.29, 1.82) is 0 Å². The van der Waals surface area contributed by atoms with E-state index < -0.39 is 35.4 Å². The maximum Gasteiger partial charge on any atom is 0.490 e. The number of imide groups is 2. The van der Waals surface area contributed by atoms with Crippen LogP contribution in [0.15, 0.2) is 54.6 Å². The van der Waals surface area contributed by atoms with E-state index in [9.17, 15) is 32.3 Å². The van der Waals surface area contributed by atoms with E-state index in [1.165, 1.54) is 0 Å². The van der Waals surface area contributed by atoms with Gasteiger partial charge < -0.3 is 15.2 Å². The lowest BCUT2D eigenvalue weighted by Gasteiger charge is -2.30. The number of carbonyl (C=O) groups excluding carboxylic acids is 4. The zero-order chi connectivity index (χ0) is 30.7. The molecule has 5 amide bonds. The predicted octanol–water partition coefficient (Wildman–Crippen LogP) is 3.39. The van der Waals surface area contributed by atoms with Crippen molar-refractivity contribution < 1.29 is 47.0 Å². The lowest BCUT2D eigenvalue weighted by Crippen LogP contribution is -2.61. The normalized spacial score (nSPS) is 17.6. The number of alkyl halides is 3. The van der Waals surface area contributed by atoms with Gasteiger partial charge in [0, 0.05) is 28.2 Å². The van der Waals surface area contributed by atoms with Gasteiger partial charge in [-0.05, 0) is 62.6 Å². The van der Waals surface area contributed by atoms with E-state index in [4.69, 9.17) is 14.6 Å². The smallest absolute Gasteiger partial charge is 0.489 e. The number of aliphatic carboxylic acids is 1. The molecular formula is C28H25F3N4O7. The van der Waals surface area contributed by atoms with Gasteiger partial charge in [-0.1, -0.05) is 18.2 Å². The maximum absolute atomic E-state index is 12.7. The first-order valence-corrected chi connectivity index (χ1v) is 12.6. The van der Waals surface area contributed by atoms with E-state index in [0.717, 1.165) is 22.2 Å². The lowest BCUT2D eigenvalue weighted by molar-refractivity contribution is -0.192. The molecule has 2 aliphatic rings. The molecule has 1 saturated carbocycles. The molecular weight excluding hydrogens is 561 g/mol. The molecule has 1 saturated heterocycles. The number of hydrogen-bond donors (Lipinski definition) is 4. The number of ether oxygens (including phenoxy) is 1. The number of fused-ring (bicyclic) bond motifs is 1. The molecule has 11 nitrogen and oxygen atoms in total. The number of aryl methyl sites for hydroxylation is 1. The summed E-state index contributed by atoms with van der Waals surface area (Å²) in [6, 6.07) is 15.5. The summed E-state index contributed by atoms with van der Waals surface area (Å²) < 4.78 is 37.7. The number of nitrogens with one attached hydrogen (secondary N) is 3. The number of amides is 5. The Kier molecular flexibility index (Phi) is 8.45. The molecule has 42 heavy (non-hydrogen) atoms. The summed E-state index contributed by atoms with van der Waals surface area (Å²) in [6.07, 6.45) is -4.22. The molecule has 2 aromatic carbocycles. The minimum atomic E-state index is -5.08. The van der Waals surface area contributed by atoms with Gasteiger partial charge in [-0.25, -0.2) is 9.59 Å². The van der Waals surface area contributed by atoms with Crippen LogP contribution in [0.5, 0.6) is 5.75 Å². The van der Waals surface area contributed by atoms with Gasteiger partial charge in [-0.15, -0.1) is 0 Å². The number of carboxylic acid groups (broad SMARTS) is 1. The molecule has 220 valence electrons. The summed E-state index contributed by atoms with van der Waals surface area (Å²) in [6.45, 7) is 2.31. The second kappa shape index (κ2) is 11.8. The third kappa shape index (κ3) is 6.65. The zero-order valence-corrected chi connectivity index (χ0v) is 22.1. The first-order valence-electron chi connectivity index (χ1n) is 12.6. The number of barbiturate groups is 1. The number of halogens is 3. The van der Waals surface area contributed by atoms with E-state index in [2.05, 4.69) is 20.9 Å². The number of benzene rings is 2. The predicted molar refractivity (Wildman–Crippen MR) is 140 cm³/mol. The van der Waals surface area contributed by atoms with Crippen molar-refractivity contribution in [3.05, 3.63) is 71.4 Å². The second-order valence-corrected chi connectivity index (χ2v) is 9.79. The number of para-hydroxylation sites is 1. The molecule has 14 heteroatoms. The van der Waals surface area contributed by atoms with Crippen molar-refractivity contribution >= 4 is 40.6 Å². The number of carboxylic acids is 1. The summed E-state index contributed by atoms with van der Waals surface area (Å²) in [7, 11) is 0. The number of hydrogen-bond acceptors (Lipinski definition) is 7. The van der Waals surface area contributed by atoms with Crippen molar-refractivity contribution in [1.82, 2.24) is 20.9 Å². The first-order chi connectivity index (χ1) is 19.8. The fourth-order valence-corrected chi connectivity index (χ4v) is 4.81. The molecule has 2 fully saturated rings. The Hall–Kier alpha value is -5.01. The third-order valence-electron chi connectivity index (χ3n) is 6.86. The topological polar surface area (TPSA) is 164 Å². The molecule has 1 spiro atoms. The van der Waals surface area contributed by atoms with Gasteiger partial charge in [-0.2, -0.15) is 13.2 Å². The monoisotopic (exact) mass is 586 g/mol. The standard InChI is InChI=1S/C26H24N4O5.C2HF3O2/c1-15-12-17(20-4-2-3-5-21(20)27-15)14-35-19-8-6-16(7-9-19)22(31)28-18-10-11-26(13-18)23(32)29-25(34)30-24(26)33;3-2(4,5)1(6)7/h2-9,12,18H,10-11,13-14H2,1H3,(H,28,31)(H2,29,30,32,33,34);(H,6,7)/t18-;/m0./s1. The highest BCUT2D eigenvalue weighted by atomic mass is 19.4. The van der Waals surface area contributed by atoms with Crippen molar-refractivity contribution in [2.24, 2.45) is 5.41 Å². The van der Waals surface area contributed by atoms with Gasteiger partial charge in [0.2, 0.25) is 11.8 Å². The van der Waals surface area contributed by atoms with Crippen LogP contribution in [0, 0.1) is 12.3 Å². The molecule has 2 heterocycles. The van der Waals surface area contributed by atoms with Crippen LogP contribution in [0.1, 0.15) is 40.9 Å².